The molecule has 0 N–H and O–H groups in total. The summed E-state index contributed by atoms with van der Waals surface area (Å²) in [5.41, 5.74) is 3.64. The highest BCUT2D eigenvalue weighted by atomic mass is 16.6. The zero-order chi connectivity index (χ0) is 16.2. The molecule has 0 saturated carbocycles. The van der Waals surface area contributed by atoms with Crippen molar-refractivity contribution in [2.24, 2.45) is 5.92 Å². The Labute approximate surface area is 135 Å². The number of ether oxygens (including phenoxy) is 1. The summed E-state index contributed by atoms with van der Waals surface area (Å²) in [5.74, 6) is 0.257. The fraction of sp³-hybridized carbons (Fsp3) is 0.650. The lowest BCUT2D eigenvalue weighted by Gasteiger charge is -2.16. The van der Waals surface area contributed by atoms with Crippen molar-refractivity contribution in [2.45, 2.75) is 77.4 Å². The molecule has 1 aliphatic carbocycles. The fourth-order valence-electron chi connectivity index (χ4n) is 3.37. The van der Waals surface area contributed by atoms with Crippen molar-refractivity contribution in [3.05, 3.63) is 35.5 Å². The van der Waals surface area contributed by atoms with Crippen LogP contribution in [0.4, 0.5) is 0 Å². The van der Waals surface area contributed by atoms with E-state index in [9.17, 15) is 4.79 Å². The quantitative estimate of drug-likeness (QED) is 0.305. The van der Waals surface area contributed by atoms with E-state index < -0.39 is 0 Å². The number of aldehydes is 1. The van der Waals surface area contributed by atoms with Crippen LogP contribution >= 0.6 is 0 Å². The minimum absolute atomic E-state index is 0.00714. The minimum atomic E-state index is 0.00714. The standard InChI is InChI=1S/C20H30O2/c1-15-7-5-8-16(2)10-11-18(17(3)14-21)13-19-20(4,22-19)12-6-9-15/h8-9,14,18-19H,3,5-7,10-13H2,1-2,4H3/b15-9+,16-8+/t18?,19-,20-/m1/s1. The van der Waals surface area contributed by atoms with E-state index in [1.54, 1.807) is 0 Å². The van der Waals surface area contributed by atoms with Gasteiger partial charge >= 0.3 is 0 Å². The van der Waals surface area contributed by atoms with Crippen molar-refractivity contribution >= 4 is 6.29 Å². The third-order valence-electron chi connectivity index (χ3n) is 5.26. The van der Waals surface area contributed by atoms with E-state index in [1.165, 1.54) is 11.1 Å². The molecule has 0 aromatic carbocycles. The molecule has 2 nitrogen and oxygen atoms in total. The van der Waals surface area contributed by atoms with Gasteiger partial charge in [0.2, 0.25) is 0 Å². The Balaban J connectivity index is 2.08. The van der Waals surface area contributed by atoms with Gasteiger partial charge in [0.05, 0.1) is 11.7 Å². The molecule has 0 radical (unpaired) electrons. The molecule has 0 amide bonds. The van der Waals surface area contributed by atoms with Crippen molar-refractivity contribution in [1.29, 1.82) is 0 Å². The van der Waals surface area contributed by atoms with Crippen LogP contribution < -0.4 is 0 Å². The normalized spacial score (nSPS) is 38.5. The summed E-state index contributed by atoms with van der Waals surface area (Å²) in [5, 5.41) is 0. The molecule has 1 saturated heterocycles. The van der Waals surface area contributed by atoms with Crippen LogP contribution in [0.2, 0.25) is 0 Å². The van der Waals surface area contributed by atoms with Crippen LogP contribution in [0.25, 0.3) is 0 Å². The van der Waals surface area contributed by atoms with Crippen molar-refractivity contribution in [2.75, 3.05) is 0 Å². The first-order valence-electron chi connectivity index (χ1n) is 8.57. The molecular formula is C20H30O2. The highest BCUT2D eigenvalue weighted by Crippen LogP contribution is 2.45. The van der Waals surface area contributed by atoms with Gasteiger partial charge in [0.1, 0.15) is 6.29 Å². The predicted molar refractivity (Wildman–Crippen MR) is 91.8 cm³/mol. The van der Waals surface area contributed by atoms with Gasteiger partial charge < -0.3 is 4.74 Å². The maximum absolute atomic E-state index is 11.1. The van der Waals surface area contributed by atoms with E-state index in [0.717, 1.165) is 56.8 Å². The Hall–Kier alpha value is -1.15. The molecule has 1 heterocycles. The van der Waals surface area contributed by atoms with Crippen LogP contribution in [0.15, 0.2) is 35.5 Å². The van der Waals surface area contributed by atoms with Gasteiger partial charge in [-0.25, -0.2) is 0 Å². The van der Waals surface area contributed by atoms with E-state index in [2.05, 4.69) is 39.5 Å². The van der Waals surface area contributed by atoms with E-state index in [4.69, 9.17) is 4.74 Å². The number of rotatable bonds is 2. The van der Waals surface area contributed by atoms with Gasteiger partial charge in [-0.05, 0) is 77.2 Å². The lowest BCUT2D eigenvalue weighted by molar-refractivity contribution is -0.105. The zero-order valence-corrected chi connectivity index (χ0v) is 14.4. The Morgan fingerprint density at radius 3 is 2.68 bits per heavy atom. The monoisotopic (exact) mass is 302 g/mol. The van der Waals surface area contributed by atoms with Crippen LogP contribution in [0.1, 0.15) is 65.7 Å². The van der Waals surface area contributed by atoms with Gasteiger partial charge in [-0.2, -0.15) is 0 Å². The molecule has 3 atom stereocenters. The lowest BCUT2D eigenvalue weighted by atomic mass is 9.86. The number of carbonyl (C=O) groups excluding carboxylic acids is 1. The Bertz CT molecular complexity index is 486. The first-order valence-corrected chi connectivity index (χ1v) is 8.57. The van der Waals surface area contributed by atoms with Gasteiger partial charge in [-0.1, -0.05) is 29.9 Å². The number of allylic oxidation sites excluding steroid dienone is 5. The second-order valence-electron chi connectivity index (χ2n) is 7.26. The van der Waals surface area contributed by atoms with Crippen molar-refractivity contribution in [3.63, 3.8) is 0 Å². The van der Waals surface area contributed by atoms with Crippen LogP contribution in [-0.2, 0) is 9.53 Å². The molecule has 22 heavy (non-hydrogen) atoms. The van der Waals surface area contributed by atoms with E-state index >= 15 is 0 Å². The van der Waals surface area contributed by atoms with Gasteiger partial charge in [-0.15, -0.1) is 0 Å². The second kappa shape index (κ2) is 7.41. The number of epoxide rings is 1. The van der Waals surface area contributed by atoms with Crippen LogP contribution in [-0.4, -0.2) is 18.0 Å². The van der Waals surface area contributed by atoms with Crippen LogP contribution in [0, 0.1) is 5.92 Å². The molecule has 1 fully saturated rings. The molecule has 0 aromatic rings. The number of hydrogen-bond acceptors (Lipinski definition) is 2. The summed E-state index contributed by atoms with van der Waals surface area (Å²) in [6, 6.07) is 0. The molecule has 0 spiro atoms. The highest BCUT2D eigenvalue weighted by molar-refractivity contribution is 5.72. The maximum atomic E-state index is 11.1. The number of fused-ring (bicyclic) bond motifs is 1. The van der Waals surface area contributed by atoms with Crippen molar-refractivity contribution in [1.82, 2.24) is 0 Å². The minimum Gasteiger partial charge on any atom is -0.366 e. The summed E-state index contributed by atoms with van der Waals surface area (Å²) in [6.07, 6.45) is 13.3. The molecule has 0 bridgehead atoms. The Kier molecular flexibility index (Phi) is 5.80. The molecule has 1 aliphatic heterocycles. The van der Waals surface area contributed by atoms with E-state index in [1.807, 2.05) is 0 Å². The lowest BCUT2D eigenvalue weighted by Crippen LogP contribution is -2.15. The average molecular weight is 302 g/mol. The third kappa shape index (κ3) is 4.67. The second-order valence-corrected chi connectivity index (χ2v) is 7.26. The maximum Gasteiger partial charge on any atom is 0.145 e. The van der Waals surface area contributed by atoms with Crippen LogP contribution in [0.5, 0.6) is 0 Å². The molecule has 1 unspecified atom stereocenters. The third-order valence-corrected chi connectivity index (χ3v) is 5.26. The Morgan fingerprint density at radius 2 is 1.95 bits per heavy atom. The molecule has 0 aromatic heterocycles. The smallest absolute Gasteiger partial charge is 0.145 e. The topological polar surface area (TPSA) is 29.6 Å². The fourth-order valence-corrected chi connectivity index (χ4v) is 3.37. The highest BCUT2D eigenvalue weighted by Gasteiger charge is 2.51. The average Bonchev–Trinajstić information content (AvgIpc) is 3.11. The first kappa shape index (κ1) is 17.2. The Morgan fingerprint density at radius 1 is 1.27 bits per heavy atom. The molecule has 2 heteroatoms. The zero-order valence-electron chi connectivity index (χ0n) is 14.4. The molecule has 122 valence electrons. The summed E-state index contributed by atoms with van der Waals surface area (Å²) in [4.78, 5) is 11.1. The SMILES string of the molecule is C=C(C=O)C1CC/C(C)=C/CC/C(C)=C/CC[C@@]2(C)O[C@@H]2C1. The molecule has 2 aliphatic rings. The summed E-state index contributed by atoms with van der Waals surface area (Å²) in [7, 11) is 0. The van der Waals surface area contributed by atoms with E-state index in [-0.39, 0.29) is 17.6 Å². The largest absolute Gasteiger partial charge is 0.366 e. The van der Waals surface area contributed by atoms with Gasteiger partial charge in [0, 0.05) is 0 Å². The summed E-state index contributed by atoms with van der Waals surface area (Å²) >= 11 is 0. The van der Waals surface area contributed by atoms with Gasteiger partial charge in [0.25, 0.3) is 0 Å². The molecule has 2 rings (SSSR count). The number of hydrogen-bond donors (Lipinski definition) is 0. The van der Waals surface area contributed by atoms with Crippen molar-refractivity contribution < 1.29 is 9.53 Å². The van der Waals surface area contributed by atoms with Crippen molar-refractivity contribution in [3.8, 4) is 0 Å². The van der Waals surface area contributed by atoms with Crippen LogP contribution in [0.3, 0.4) is 0 Å². The summed E-state index contributed by atoms with van der Waals surface area (Å²) < 4.78 is 5.97. The first-order chi connectivity index (χ1) is 10.4. The van der Waals surface area contributed by atoms with E-state index in [0.29, 0.717) is 0 Å². The van der Waals surface area contributed by atoms with Gasteiger partial charge in [0.15, 0.2) is 0 Å². The number of carbonyl (C=O) groups is 1. The summed E-state index contributed by atoms with van der Waals surface area (Å²) in [6.45, 7) is 10.6. The molecular weight excluding hydrogens is 272 g/mol. The predicted octanol–water partition coefficient (Wildman–Crippen LogP) is 5.15. The van der Waals surface area contributed by atoms with Gasteiger partial charge in [-0.3, -0.25) is 4.79 Å².